The Hall–Kier alpha value is -2.21. The molecule has 0 N–H and O–H groups in total. The minimum atomic E-state index is 0.132. The van der Waals surface area contributed by atoms with Gasteiger partial charge in [-0.05, 0) is 49.8 Å². The van der Waals surface area contributed by atoms with Crippen LogP contribution in [-0.4, -0.2) is 38.4 Å². The summed E-state index contributed by atoms with van der Waals surface area (Å²) in [7, 11) is 0. The van der Waals surface area contributed by atoms with Crippen molar-refractivity contribution >= 4 is 27.5 Å². The molecule has 1 atom stereocenters. The van der Waals surface area contributed by atoms with Crippen LogP contribution in [0.15, 0.2) is 36.1 Å². The van der Waals surface area contributed by atoms with E-state index in [-0.39, 0.29) is 5.91 Å². The highest BCUT2D eigenvalue weighted by Crippen LogP contribution is 2.31. The molecule has 1 saturated carbocycles. The summed E-state index contributed by atoms with van der Waals surface area (Å²) < 4.78 is 3.41. The molecule has 2 aromatic heterocycles. The summed E-state index contributed by atoms with van der Waals surface area (Å²) in [5, 5.41) is 0. The molecule has 6 heteroatoms. The van der Waals surface area contributed by atoms with Gasteiger partial charge in [0, 0.05) is 43.5 Å². The lowest BCUT2D eigenvalue weighted by molar-refractivity contribution is 0.0703. The molecule has 0 bridgehead atoms. The summed E-state index contributed by atoms with van der Waals surface area (Å²) in [4.78, 5) is 24.1. The maximum atomic E-state index is 13.1. The second-order valence-corrected chi connectivity index (χ2v) is 8.75. The predicted molar refractivity (Wildman–Crippen MR) is 107 cm³/mol. The Bertz CT molecular complexity index is 958. The number of rotatable bonds is 4. The van der Waals surface area contributed by atoms with Crippen LogP contribution in [0.1, 0.15) is 54.2 Å². The van der Waals surface area contributed by atoms with Gasteiger partial charge in [-0.25, -0.2) is 9.97 Å². The third-order valence-corrected chi connectivity index (χ3v) is 6.87. The van der Waals surface area contributed by atoms with Crippen molar-refractivity contribution in [2.45, 2.75) is 44.6 Å². The normalized spacial score (nSPS) is 20.7. The number of amides is 1. The van der Waals surface area contributed by atoms with Gasteiger partial charge in [0.15, 0.2) is 0 Å². The Labute approximate surface area is 163 Å². The second kappa shape index (κ2) is 7.08. The number of piperidine rings is 1. The molecule has 1 aliphatic heterocycles. The fraction of sp³-hybridized carbons (Fsp3) is 0.476. The number of thiazole rings is 1. The van der Waals surface area contributed by atoms with Crippen molar-refractivity contribution in [1.29, 1.82) is 0 Å². The van der Waals surface area contributed by atoms with E-state index in [1.807, 2.05) is 34.8 Å². The monoisotopic (exact) mass is 380 g/mol. The number of benzene rings is 1. The van der Waals surface area contributed by atoms with Gasteiger partial charge in [-0.15, -0.1) is 11.3 Å². The van der Waals surface area contributed by atoms with Crippen LogP contribution in [0.2, 0.25) is 0 Å². The molecule has 1 saturated heterocycles. The molecule has 3 heterocycles. The lowest BCUT2D eigenvalue weighted by Crippen LogP contribution is -2.40. The van der Waals surface area contributed by atoms with E-state index >= 15 is 0 Å². The van der Waals surface area contributed by atoms with Gasteiger partial charge in [-0.2, -0.15) is 0 Å². The zero-order valence-electron chi connectivity index (χ0n) is 15.4. The molecule has 2 aliphatic rings. The van der Waals surface area contributed by atoms with E-state index < -0.39 is 0 Å². The molecule has 1 aromatic carbocycles. The first kappa shape index (κ1) is 16.9. The minimum absolute atomic E-state index is 0.132. The summed E-state index contributed by atoms with van der Waals surface area (Å²) >= 11 is 1.58. The maximum absolute atomic E-state index is 13.1. The topological polar surface area (TPSA) is 51.0 Å². The third-order valence-electron chi connectivity index (χ3n) is 6.08. The Morgan fingerprint density at radius 2 is 2.11 bits per heavy atom. The first-order valence-electron chi connectivity index (χ1n) is 9.91. The van der Waals surface area contributed by atoms with Crippen molar-refractivity contribution in [2.75, 3.05) is 13.1 Å². The molecule has 1 aliphatic carbocycles. The van der Waals surface area contributed by atoms with Crippen LogP contribution in [0.5, 0.6) is 0 Å². The van der Waals surface area contributed by atoms with Gasteiger partial charge >= 0.3 is 0 Å². The summed E-state index contributed by atoms with van der Waals surface area (Å²) in [5.41, 5.74) is 3.56. The molecular weight excluding hydrogens is 356 g/mol. The number of likely N-dealkylation sites (tertiary alicyclic amines) is 1. The van der Waals surface area contributed by atoms with Crippen molar-refractivity contribution in [1.82, 2.24) is 19.4 Å². The Kier molecular flexibility index (Phi) is 4.44. The van der Waals surface area contributed by atoms with Gasteiger partial charge in [0.1, 0.15) is 5.82 Å². The largest absolute Gasteiger partial charge is 0.338 e. The molecule has 1 amide bonds. The highest BCUT2D eigenvalue weighted by Gasteiger charge is 2.29. The average Bonchev–Trinajstić information content (AvgIpc) is 3.32. The van der Waals surface area contributed by atoms with E-state index in [4.69, 9.17) is 0 Å². The molecule has 2 fully saturated rings. The van der Waals surface area contributed by atoms with Crippen LogP contribution in [-0.2, 0) is 6.54 Å². The number of imidazole rings is 1. The molecule has 5 rings (SSSR count). The van der Waals surface area contributed by atoms with Crippen LogP contribution in [0.25, 0.3) is 10.2 Å². The highest BCUT2D eigenvalue weighted by atomic mass is 32.1. The van der Waals surface area contributed by atoms with E-state index in [2.05, 4.69) is 20.7 Å². The summed E-state index contributed by atoms with van der Waals surface area (Å²) in [6.07, 6.45) is 10.2. The molecule has 140 valence electrons. The van der Waals surface area contributed by atoms with Crippen molar-refractivity contribution in [3.05, 3.63) is 47.5 Å². The fourth-order valence-corrected chi connectivity index (χ4v) is 5.05. The zero-order valence-corrected chi connectivity index (χ0v) is 16.2. The summed E-state index contributed by atoms with van der Waals surface area (Å²) in [6, 6.07) is 5.84. The summed E-state index contributed by atoms with van der Waals surface area (Å²) in [6.45, 7) is 2.68. The highest BCUT2D eigenvalue weighted by molar-refractivity contribution is 7.16. The Morgan fingerprint density at radius 3 is 2.96 bits per heavy atom. The third kappa shape index (κ3) is 3.27. The predicted octanol–water partition coefficient (Wildman–Crippen LogP) is 4.31. The fourth-order valence-electron chi connectivity index (χ4n) is 4.33. The number of carbonyl (C=O) groups is 1. The zero-order chi connectivity index (χ0) is 18.2. The number of nitrogens with zero attached hydrogens (tertiary/aromatic N) is 4. The molecule has 0 radical (unpaired) electrons. The van der Waals surface area contributed by atoms with Crippen LogP contribution < -0.4 is 0 Å². The van der Waals surface area contributed by atoms with Gasteiger partial charge in [-0.3, -0.25) is 4.79 Å². The summed E-state index contributed by atoms with van der Waals surface area (Å²) in [5.74, 6) is 2.44. The number of aromatic nitrogens is 3. The Morgan fingerprint density at radius 1 is 1.19 bits per heavy atom. The SMILES string of the molecule is O=C(c1ccc2ncsc2c1)N1CCC[C@@H](c2nccn2CC2CCC2)C1. The molecule has 27 heavy (non-hydrogen) atoms. The first-order chi connectivity index (χ1) is 13.3. The van der Waals surface area contributed by atoms with Crippen molar-refractivity contribution in [2.24, 2.45) is 5.92 Å². The van der Waals surface area contributed by atoms with Gasteiger partial charge in [0.2, 0.25) is 0 Å². The van der Waals surface area contributed by atoms with Crippen molar-refractivity contribution < 1.29 is 4.79 Å². The van der Waals surface area contributed by atoms with Crippen LogP contribution in [0, 0.1) is 5.92 Å². The van der Waals surface area contributed by atoms with E-state index in [0.29, 0.717) is 5.92 Å². The lowest BCUT2D eigenvalue weighted by atomic mass is 9.85. The standard InChI is InChI=1S/C21H24N4OS/c26-21(16-6-7-18-19(11-16)27-14-23-18)25-9-2-5-17(13-25)20-22-8-10-24(20)12-15-3-1-4-15/h6-8,10-11,14-15,17H,1-5,9,12-13H2/t17-/m1/s1. The van der Waals surface area contributed by atoms with Gasteiger partial charge in [0.05, 0.1) is 15.7 Å². The Balaban J connectivity index is 1.33. The number of hydrogen-bond donors (Lipinski definition) is 0. The molecule has 0 spiro atoms. The molecule has 3 aromatic rings. The molecule has 5 nitrogen and oxygen atoms in total. The lowest BCUT2D eigenvalue weighted by Gasteiger charge is -2.33. The first-order valence-corrected chi connectivity index (χ1v) is 10.8. The van der Waals surface area contributed by atoms with Crippen molar-refractivity contribution in [3.8, 4) is 0 Å². The average molecular weight is 381 g/mol. The smallest absolute Gasteiger partial charge is 0.253 e. The molecule has 0 unspecified atom stereocenters. The van der Waals surface area contributed by atoms with E-state index in [0.717, 1.165) is 60.0 Å². The second-order valence-electron chi connectivity index (χ2n) is 7.86. The van der Waals surface area contributed by atoms with Gasteiger partial charge in [0.25, 0.3) is 5.91 Å². The van der Waals surface area contributed by atoms with Crippen LogP contribution in [0.4, 0.5) is 0 Å². The number of fused-ring (bicyclic) bond motifs is 1. The van der Waals surface area contributed by atoms with Crippen LogP contribution >= 0.6 is 11.3 Å². The van der Waals surface area contributed by atoms with Crippen LogP contribution in [0.3, 0.4) is 0 Å². The van der Waals surface area contributed by atoms with E-state index in [1.54, 1.807) is 11.3 Å². The maximum Gasteiger partial charge on any atom is 0.253 e. The number of carbonyl (C=O) groups excluding carboxylic acids is 1. The van der Waals surface area contributed by atoms with E-state index in [1.165, 1.54) is 19.3 Å². The minimum Gasteiger partial charge on any atom is -0.338 e. The molecular formula is C21H24N4OS. The van der Waals surface area contributed by atoms with Gasteiger partial charge in [-0.1, -0.05) is 6.42 Å². The van der Waals surface area contributed by atoms with E-state index in [9.17, 15) is 4.79 Å². The quantitative estimate of drug-likeness (QED) is 0.678. The van der Waals surface area contributed by atoms with Crippen molar-refractivity contribution in [3.63, 3.8) is 0 Å². The number of hydrogen-bond acceptors (Lipinski definition) is 4. The van der Waals surface area contributed by atoms with Gasteiger partial charge < -0.3 is 9.47 Å².